The molecule has 0 aliphatic carbocycles. The first-order chi connectivity index (χ1) is 13.2. The lowest BCUT2D eigenvalue weighted by Crippen LogP contribution is -2.39. The number of aryl methyl sites for hydroxylation is 2. The fourth-order valence-electron chi connectivity index (χ4n) is 3.77. The van der Waals surface area contributed by atoms with Crippen molar-refractivity contribution in [3.63, 3.8) is 0 Å². The summed E-state index contributed by atoms with van der Waals surface area (Å²) in [6.45, 7) is 4.06. The summed E-state index contributed by atoms with van der Waals surface area (Å²) < 4.78 is 39.2. The first kappa shape index (κ1) is 19.9. The number of amidine groups is 1. The Hall–Kier alpha value is -1.38. The molecule has 0 radical (unpaired) electrons. The van der Waals surface area contributed by atoms with Crippen LogP contribution in [0, 0.1) is 19.7 Å². The fourth-order valence-corrected chi connectivity index (χ4v) is 7.05. The molecule has 1 saturated heterocycles. The van der Waals surface area contributed by atoms with Gasteiger partial charge < -0.3 is 4.90 Å². The Labute approximate surface area is 177 Å². The smallest absolute Gasteiger partial charge is 0.164 e. The van der Waals surface area contributed by atoms with Crippen LogP contribution in [0.3, 0.4) is 0 Å². The Morgan fingerprint density at radius 3 is 2.71 bits per heavy atom. The molecule has 2 aliphatic heterocycles. The van der Waals surface area contributed by atoms with Gasteiger partial charge in [0.2, 0.25) is 0 Å². The summed E-state index contributed by atoms with van der Waals surface area (Å²) in [6, 6.07) is 10.7. The summed E-state index contributed by atoms with van der Waals surface area (Å²) in [7, 11) is -3.09. The second-order valence-electron chi connectivity index (χ2n) is 7.31. The van der Waals surface area contributed by atoms with Gasteiger partial charge in [-0.2, -0.15) is 0 Å². The van der Waals surface area contributed by atoms with E-state index in [4.69, 9.17) is 4.99 Å². The van der Waals surface area contributed by atoms with Crippen LogP contribution < -0.4 is 4.90 Å². The van der Waals surface area contributed by atoms with Crippen molar-refractivity contribution in [1.82, 2.24) is 0 Å². The van der Waals surface area contributed by atoms with Crippen LogP contribution in [-0.2, 0) is 15.6 Å². The summed E-state index contributed by atoms with van der Waals surface area (Å²) in [5, 5.41) is 0.763. The van der Waals surface area contributed by atoms with E-state index in [0.29, 0.717) is 15.8 Å². The highest BCUT2D eigenvalue weighted by Gasteiger charge is 2.47. The molecule has 148 valence electrons. The number of benzene rings is 2. The minimum atomic E-state index is -3.09. The van der Waals surface area contributed by atoms with E-state index in [9.17, 15) is 12.8 Å². The lowest BCUT2D eigenvalue weighted by atomic mass is 10.1. The number of halogens is 2. The number of sulfone groups is 1. The first-order valence-corrected chi connectivity index (χ1v) is 12.5. The third-order valence-electron chi connectivity index (χ3n) is 5.09. The van der Waals surface area contributed by atoms with Crippen LogP contribution in [0.15, 0.2) is 45.9 Å². The van der Waals surface area contributed by atoms with Crippen molar-refractivity contribution in [3.05, 3.63) is 63.4 Å². The van der Waals surface area contributed by atoms with Gasteiger partial charge >= 0.3 is 0 Å². The predicted octanol–water partition coefficient (Wildman–Crippen LogP) is 4.48. The van der Waals surface area contributed by atoms with E-state index < -0.39 is 9.84 Å². The molecule has 2 heterocycles. The topological polar surface area (TPSA) is 49.7 Å². The van der Waals surface area contributed by atoms with Gasteiger partial charge in [-0.05, 0) is 43.2 Å². The second-order valence-corrected chi connectivity index (χ2v) is 11.3. The molecule has 4 rings (SSSR count). The molecule has 1 fully saturated rings. The number of hydrogen-bond donors (Lipinski definition) is 0. The summed E-state index contributed by atoms with van der Waals surface area (Å²) in [6.07, 6.45) is 0. The van der Waals surface area contributed by atoms with Crippen LogP contribution in [0.5, 0.6) is 0 Å². The first-order valence-electron chi connectivity index (χ1n) is 8.95. The Bertz CT molecular complexity index is 1070. The third-order valence-corrected chi connectivity index (χ3v) is 8.30. The zero-order valence-corrected chi connectivity index (χ0v) is 18.7. The SMILES string of the molecule is Cc1ccc(N2C(SCc3ccc(Br)cc3F)=NC3CS(=O)(=O)CC32)c(C)c1. The average molecular weight is 483 g/mol. The molecule has 0 aromatic heterocycles. The summed E-state index contributed by atoms with van der Waals surface area (Å²) in [5.41, 5.74) is 3.80. The summed E-state index contributed by atoms with van der Waals surface area (Å²) >= 11 is 4.73. The lowest BCUT2D eigenvalue weighted by Gasteiger charge is -2.28. The average Bonchev–Trinajstić information content (AvgIpc) is 3.06. The quantitative estimate of drug-likeness (QED) is 0.646. The van der Waals surface area contributed by atoms with E-state index in [-0.39, 0.29) is 29.4 Å². The van der Waals surface area contributed by atoms with Crippen LogP contribution >= 0.6 is 27.7 Å². The number of hydrogen-bond acceptors (Lipinski definition) is 5. The molecule has 0 bridgehead atoms. The molecule has 2 aromatic rings. The van der Waals surface area contributed by atoms with Gasteiger partial charge in [-0.3, -0.25) is 4.99 Å². The van der Waals surface area contributed by atoms with Gasteiger partial charge in [0, 0.05) is 15.9 Å². The van der Waals surface area contributed by atoms with Gasteiger partial charge in [-0.15, -0.1) is 0 Å². The van der Waals surface area contributed by atoms with Gasteiger partial charge in [0.1, 0.15) is 5.82 Å². The van der Waals surface area contributed by atoms with E-state index >= 15 is 0 Å². The molecule has 2 atom stereocenters. The molecule has 2 unspecified atom stereocenters. The normalized spacial score (nSPS) is 23.0. The van der Waals surface area contributed by atoms with Crippen LogP contribution in [-0.4, -0.2) is 37.2 Å². The van der Waals surface area contributed by atoms with Crippen LogP contribution in [0.25, 0.3) is 0 Å². The van der Waals surface area contributed by atoms with Gasteiger partial charge in [-0.1, -0.05) is 51.5 Å². The lowest BCUT2D eigenvalue weighted by molar-refractivity contribution is 0.601. The monoisotopic (exact) mass is 482 g/mol. The van der Waals surface area contributed by atoms with Gasteiger partial charge in [0.05, 0.1) is 23.6 Å². The van der Waals surface area contributed by atoms with Crippen molar-refractivity contribution in [2.24, 2.45) is 4.99 Å². The maximum atomic E-state index is 14.2. The molecule has 28 heavy (non-hydrogen) atoms. The van der Waals surface area contributed by atoms with E-state index in [2.05, 4.69) is 22.0 Å². The maximum Gasteiger partial charge on any atom is 0.164 e. The molecular weight excluding hydrogens is 463 g/mol. The molecule has 0 saturated carbocycles. The number of rotatable bonds is 3. The van der Waals surface area contributed by atoms with E-state index in [1.54, 1.807) is 6.07 Å². The highest BCUT2D eigenvalue weighted by Crippen LogP contribution is 2.37. The standard InChI is InChI=1S/C20H20BrFN2O2S2/c1-12-3-6-18(13(2)7-12)24-19-11-28(25,26)10-17(19)23-20(24)27-9-14-4-5-15(21)8-16(14)22/h3-8,17,19H,9-11H2,1-2H3. The fraction of sp³-hybridized carbons (Fsp3) is 0.350. The summed E-state index contributed by atoms with van der Waals surface area (Å²) in [4.78, 5) is 6.77. The maximum absolute atomic E-state index is 14.2. The number of fused-ring (bicyclic) bond motifs is 1. The van der Waals surface area contributed by atoms with Crippen molar-refractivity contribution < 1.29 is 12.8 Å². The molecular formula is C20H20BrFN2O2S2. The third kappa shape index (κ3) is 3.86. The van der Waals surface area contributed by atoms with E-state index in [0.717, 1.165) is 22.0 Å². The zero-order chi connectivity index (χ0) is 20.1. The highest BCUT2D eigenvalue weighted by molar-refractivity contribution is 9.10. The van der Waals surface area contributed by atoms with Crippen LogP contribution in [0.4, 0.5) is 10.1 Å². The molecule has 2 aliphatic rings. The molecule has 0 N–H and O–H groups in total. The number of aliphatic imine (C=N–C) groups is 1. The number of anilines is 1. The molecule has 4 nitrogen and oxygen atoms in total. The van der Waals surface area contributed by atoms with E-state index in [1.165, 1.54) is 17.8 Å². The van der Waals surface area contributed by atoms with Crippen molar-refractivity contribution in [3.8, 4) is 0 Å². The largest absolute Gasteiger partial charge is 0.315 e. The Morgan fingerprint density at radius 1 is 1.21 bits per heavy atom. The van der Waals surface area contributed by atoms with E-state index in [1.807, 2.05) is 36.9 Å². The van der Waals surface area contributed by atoms with Crippen LogP contribution in [0.2, 0.25) is 0 Å². The Balaban J connectivity index is 1.65. The minimum absolute atomic E-state index is 0.0791. The zero-order valence-electron chi connectivity index (χ0n) is 15.5. The molecule has 8 heteroatoms. The summed E-state index contributed by atoms with van der Waals surface area (Å²) in [5.74, 6) is 0.355. The minimum Gasteiger partial charge on any atom is -0.315 e. The molecule has 0 spiro atoms. The van der Waals surface area contributed by atoms with Crippen LogP contribution in [0.1, 0.15) is 16.7 Å². The Kier molecular flexibility index (Phi) is 5.31. The van der Waals surface area contributed by atoms with Crippen molar-refractivity contribution in [2.75, 3.05) is 16.4 Å². The van der Waals surface area contributed by atoms with Crippen molar-refractivity contribution >= 4 is 48.4 Å². The van der Waals surface area contributed by atoms with Crippen molar-refractivity contribution in [1.29, 1.82) is 0 Å². The second kappa shape index (κ2) is 7.46. The van der Waals surface area contributed by atoms with Gasteiger partial charge in [0.15, 0.2) is 15.0 Å². The number of thioether (sulfide) groups is 1. The van der Waals surface area contributed by atoms with Gasteiger partial charge in [0.25, 0.3) is 0 Å². The highest BCUT2D eigenvalue weighted by atomic mass is 79.9. The van der Waals surface area contributed by atoms with Crippen molar-refractivity contribution in [2.45, 2.75) is 31.7 Å². The van der Waals surface area contributed by atoms with Gasteiger partial charge in [-0.25, -0.2) is 12.8 Å². The Morgan fingerprint density at radius 2 is 2.00 bits per heavy atom. The number of nitrogens with zero attached hydrogens (tertiary/aromatic N) is 2. The molecule has 2 aromatic carbocycles. The molecule has 0 amide bonds. The predicted molar refractivity (Wildman–Crippen MR) is 117 cm³/mol.